The summed E-state index contributed by atoms with van der Waals surface area (Å²) in [6.07, 6.45) is 3.51. The Bertz CT molecular complexity index is 1020. The smallest absolute Gasteiger partial charge is 0.256 e. The fraction of sp³-hybridized carbons (Fsp3) is 0.222. The van der Waals surface area contributed by atoms with Gasteiger partial charge in [-0.15, -0.1) is 10.2 Å². The van der Waals surface area contributed by atoms with Crippen LogP contribution >= 0.6 is 0 Å². The topological polar surface area (TPSA) is 71.7 Å². The molecule has 1 amide bonds. The van der Waals surface area contributed by atoms with Gasteiger partial charge < -0.3 is 5.32 Å². The van der Waals surface area contributed by atoms with Crippen LogP contribution in [0.3, 0.4) is 0 Å². The van der Waals surface area contributed by atoms with E-state index in [1.54, 1.807) is 6.33 Å². The van der Waals surface area contributed by atoms with Crippen LogP contribution in [0, 0.1) is 13.8 Å². The van der Waals surface area contributed by atoms with Gasteiger partial charge >= 0.3 is 0 Å². The molecule has 0 saturated heterocycles. The molecule has 0 radical (unpaired) electrons. The number of pyridine rings is 1. The Balaban J connectivity index is 1.70. The molecule has 4 rings (SSSR count). The highest BCUT2D eigenvalue weighted by molar-refractivity contribution is 6.08. The molecule has 3 heterocycles. The second-order valence-electron chi connectivity index (χ2n) is 6.10. The van der Waals surface area contributed by atoms with Crippen molar-refractivity contribution < 1.29 is 4.79 Å². The van der Waals surface area contributed by atoms with Gasteiger partial charge in [-0.25, -0.2) is 0 Å². The molecule has 0 aliphatic carbocycles. The highest BCUT2D eigenvalue weighted by atomic mass is 16.1. The van der Waals surface area contributed by atoms with Crippen LogP contribution in [-0.2, 0) is 6.54 Å². The number of aryl methyl sites for hydroxylation is 2. The Morgan fingerprint density at radius 3 is 2.92 bits per heavy atom. The number of nitrogens with one attached hydrogen (secondary N) is 1. The third-order valence-electron chi connectivity index (χ3n) is 4.48. The SMILES string of the molecule is CC1=NCc2ccc(NC(=O)c3c(C)cn4cnnc4c3C)cc21. The minimum atomic E-state index is -0.136. The van der Waals surface area contributed by atoms with E-state index in [-0.39, 0.29) is 5.91 Å². The second-order valence-corrected chi connectivity index (χ2v) is 6.10. The molecule has 0 atom stereocenters. The van der Waals surface area contributed by atoms with Crippen molar-refractivity contribution in [1.29, 1.82) is 0 Å². The number of benzene rings is 1. The van der Waals surface area contributed by atoms with Crippen LogP contribution in [0.25, 0.3) is 5.65 Å². The summed E-state index contributed by atoms with van der Waals surface area (Å²) in [7, 11) is 0. The molecular formula is C18H17N5O. The van der Waals surface area contributed by atoms with E-state index >= 15 is 0 Å². The van der Waals surface area contributed by atoms with Gasteiger partial charge in [0, 0.05) is 28.7 Å². The summed E-state index contributed by atoms with van der Waals surface area (Å²) < 4.78 is 1.83. The van der Waals surface area contributed by atoms with E-state index in [4.69, 9.17) is 0 Å². The van der Waals surface area contributed by atoms with E-state index in [0.29, 0.717) is 11.2 Å². The molecule has 0 fully saturated rings. The number of aromatic nitrogens is 3. The van der Waals surface area contributed by atoms with Crippen molar-refractivity contribution in [1.82, 2.24) is 14.6 Å². The summed E-state index contributed by atoms with van der Waals surface area (Å²) in [6, 6.07) is 5.93. The maximum atomic E-state index is 12.8. The predicted octanol–water partition coefficient (Wildman–Crippen LogP) is 2.92. The maximum Gasteiger partial charge on any atom is 0.256 e. The normalized spacial score (nSPS) is 13.0. The van der Waals surface area contributed by atoms with Gasteiger partial charge in [-0.1, -0.05) is 6.07 Å². The number of carbonyl (C=O) groups excluding carboxylic acids is 1. The first-order chi connectivity index (χ1) is 11.5. The Labute approximate surface area is 139 Å². The molecule has 6 heteroatoms. The molecule has 120 valence electrons. The van der Waals surface area contributed by atoms with Crippen LogP contribution in [0.4, 0.5) is 5.69 Å². The fourth-order valence-corrected chi connectivity index (χ4v) is 3.25. The van der Waals surface area contributed by atoms with E-state index in [1.165, 1.54) is 5.56 Å². The van der Waals surface area contributed by atoms with Crippen LogP contribution < -0.4 is 5.32 Å². The molecule has 0 unspecified atom stereocenters. The number of amides is 1. The van der Waals surface area contributed by atoms with Crippen molar-refractivity contribution in [2.45, 2.75) is 27.3 Å². The summed E-state index contributed by atoms with van der Waals surface area (Å²) in [5.74, 6) is -0.136. The molecule has 6 nitrogen and oxygen atoms in total. The molecule has 0 saturated carbocycles. The van der Waals surface area contributed by atoms with E-state index in [0.717, 1.165) is 34.6 Å². The second kappa shape index (κ2) is 5.26. The highest BCUT2D eigenvalue weighted by Crippen LogP contribution is 2.24. The first-order valence-electron chi connectivity index (χ1n) is 7.80. The summed E-state index contributed by atoms with van der Waals surface area (Å²) >= 11 is 0. The number of anilines is 1. The lowest BCUT2D eigenvalue weighted by Crippen LogP contribution is -2.16. The lowest BCUT2D eigenvalue weighted by atomic mass is 10.0. The minimum Gasteiger partial charge on any atom is -0.322 e. The van der Waals surface area contributed by atoms with Gasteiger partial charge in [0.25, 0.3) is 5.91 Å². The third kappa shape index (κ3) is 2.19. The Morgan fingerprint density at radius 2 is 2.08 bits per heavy atom. The summed E-state index contributed by atoms with van der Waals surface area (Å²) in [5, 5.41) is 11.0. The van der Waals surface area contributed by atoms with Crippen molar-refractivity contribution in [2.24, 2.45) is 4.99 Å². The number of hydrogen-bond acceptors (Lipinski definition) is 4. The van der Waals surface area contributed by atoms with Crippen molar-refractivity contribution in [3.8, 4) is 0 Å². The minimum absolute atomic E-state index is 0.136. The average molecular weight is 319 g/mol. The van der Waals surface area contributed by atoms with E-state index in [1.807, 2.05) is 49.6 Å². The fourth-order valence-electron chi connectivity index (χ4n) is 3.25. The first-order valence-corrected chi connectivity index (χ1v) is 7.80. The Hall–Kier alpha value is -3.02. The van der Waals surface area contributed by atoms with Gasteiger partial charge in [-0.2, -0.15) is 0 Å². The maximum absolute atomic E-state index is 12.8. The number of rotatable bonds is 2. The van der Waals surface area contributed by atoms with Crippen LogP contribution in [0.2, 0.25) is 0 Å². The molecule has 1 aliphatic heterocycles. The third-order valence-corrected chi connectivity index (χ3v) is 4.48. The standard InChI is InChI=1S/C18H17N5O/c1-10-8-23-9-20-22-17(23)11(2)16(10)18(24)21-14-5-4-13-7-19-12(3)15(13)6-14/h4-6,8-9H,7H2,1-3H3,(H,21,24). The number of aliphatic imine (C=N–C) groups is 1. The molecule has 1 N–H and O–H groups in total. The number of nitrogens with zero attached hydrogens (tertiary/aromatic N) is 4. The molecule has 1 aliphatic rings. The van der Waals surface area contributed by atoms with Crippen LogP contribution in [-0.4, -0.2) is 26.2 Å². The molecular weight excluding hydrogens is 302 g/mol. The molecule has 24 heavy (non-hydrogen) atoms. The quantitative estimate of drug-likeness (QED) is 0.789. The zero-order valence-electron chi connectivity index (χ0n) is 13.8. The zero-order chi connectivity index (χ0) is 16.8. The lowest BCUT2D eigenvalue weighted by Gasteiger charge is -2.12. The molecule has 0 spiro atoms. The van der Waals surface area contributed by atoms with Gasteiger partial charge in [0.05, 0.1) is 12.1 Å². The number of carbonyl (C=O) groups is 1. The van der Waals surface area contributed by atoms with Gasteiger partial charge in [-0.05, 0) is 44.0 Å². The molecule has 0 bridgehead atoms. The Kier molecular flexibility index (Phi) is 3.19. The van der Waals surface area contributed by atoms with Crippen LogP contribution in [0.1, 0.15) is 39.5 Å². The van der Waals surface area contributed by atoms with E-state index < -0.39 is 0 Å². The van der Waals surface area contributed by atoms with Crippen LogP contribution in [0.15, 0.2) is 35.7 Å². The van der Waals surface area contributed by atoms with Gasteiger partial charge in [0.2, 0.25) is 0 Å². The van der Waals surface area contributed by atoms with Crippen molar-refractivity contribution >= 4 is 23.0 Å². The molecule has 2 aromatic heterocycles. The van der Waals surface area contributed by atoms with Crippen molar-refractivity contribution in [2.75, 3.05) is 5.32 Å². The summed E-state index contributed by atoms with van der Waals surface area (Å²) in [5.41, 5.74) is 7.13. The zero-order valence-corrected chi connectivity index (χ0v) is 13.8. The van der Waals surface area contributed by atoms with E-state index in [9.17, 15) is 4.79 Å². The lowest BCUT2D eigenvalue weighted by molar-refractivity contribution is 0.102. The average Bonchev–Trinajstić information content (AvgIpc) is 3.15. The molecule has 3 aromatic rings. The van der Waals surface area contributed by atoms with Crippen molar-refractivity contribution in [3.05, 3.63) is 58.5 Å². The van der Waals surface area contributed by atoms with Gasteiger partial charge in [0.15, 0.2) is 5.65 Å². The van der Waals surface area contributed by atoms with Gasteiger partial charge in [0.1, 0.15) is 6.33 Å². The molecule has 1 aromatic carbocycles. The van der Waals surface area contributed by atoms with E-state index in [2.05, 4.69) is 20.5 Å². The summed E-state index contributed by atoms with van der Waals surface area (Å²) in [4.78, 5) is 17.2. The monoisotopic (exact) mass is 319 g/mol. The van der Waals surface area contributed by atoms with Gasteiger partial charge in [-0.3, -0.25) is 14.2 Å². The number of hydrogen-bond donors (Lipinski definition) is 1. The van der Waals surface area contributed by atoms with Crippen molar-refractivity contribution in [3.63, 3.8) is 0 Å². The first kappa shape index (κ1) is 14.6. The van der Waals surface area contributed by atoms with Crippen LogP contribution in [0.5, 0.6) is 0 Å². The highest BCUT2D eigenvalue weighted by Gasteiger charge is 2.18. The Morgan fingerprint density at radius 1 is 1.25 bits per heavy atom. The number of fused-ring (bicyclic) bond motifs is 2. The largest absolute Gasteiger partial charge is 0.322 e. The summed E-state index contributed by atoms with van der Waals surface area (Å²) in [6.45, 7) is 6.52. The predicted molar refractivity (Wildman–Crippen MR) is 92.8 cm³/mol.